The lowest BCUT2D eigenvalue weighted by molar-refractivity contribution is 0.669. The van der Waals surface area contributed by atoms with E-state index in [1.54, 1.807) is 0 Å². The predicted molar refractivity (Wildman–Crippen MR) is 138 cm³/mol. The van der Waals surface area contributed by atoms with Gasteiger partial charge in [0.1, 0.15) is 11.2 Å². The fourth-order valence-corrected chi connectivity index (χ4v) is 4.54. The van der Waals surface area contributed by atoms with Crippen molar-refractivity contribution in [1.29, 1.82) is 5.41 Å². The fourth-order valence-electron chi connectivity index (χ4n) is 4.54. The molecule has 0 spiro atoms. The summed E-state index contributed by atoms with van der Waals surface area (Å²) >= 11 is 0. The van der Waals surface area contributed by atoms with Crippen LogP contribution in [0.25, 0.3) is 55.3 Å². The molecule has 2 heteroatoms. The first-order chi connectivity index (χ1) is 16.3. The molecule has 0 saturated heterocycles. The Kier molecular flexibility index (Phi) is 4.63. The standard InChI is InChI=1S/C31H21NO/c32-20-27-13-6-14-30-31(27)28-19-26(15-16-29(28)33-30)25-12-5-11-24(18-25)23-10-4-9-22(17-23)21-7-2-1-3-8-21/h1-20,32H. The van der Waals surface area contributed by atoms with Gasteiger partial charge in [-0.15, -0.1) is 0 Å². The van der Waals surface area contributed by atoms with Gasteiger partial charge in [-0.2, -0.15) is 0 Å². The number of furan rings is 1. The molecule has 0 amide bonds. The summed E-state index contributed by atoms with van der Waals surface area (Å²) in [6.07, 6.45) is 1.39. The highest BCUT2D eigenvalue weighted by atomic mass is 16.3. The lowest BCUT2D eigenvalue weighted by Gasteiger charge is -2.09. The molecule has 0 saturated carbocycles. The topological polar surface area (TPSA) is 37.0 Å². The SMILES string of the molecule is N=Cc1cccc2oc3ccc(-c4cccc(-c5cccc(-c6ccccc6)c5)c4)cc3c12. The van der Waals surface area contributed by atoms with Crippen LogP contribution >= 0.6 is 0 Å². The van der Waals surface area contributed by atoms with Gasteiger partial charge in [0, 0.05) is 22.6 Å². The summed E-state index contributed by atoms with van der Waals surface area (Å²) in [7, 11) is 0. The van der Waals surface area contributed by atoms with Crippen LogP contribution in [0.5, 0.6) is 0 Å². The lowest BCUT2D eigenvalue weighted by atomic mass is 9.95. The monoisotopic (exact) mass is 423 g/mol. The number of benzene rings is 5. The summed E-state index contributed by atoms with van der Waals surface area (Å²) in [5.41, 5.74) is 9.62. The van der Waals surface area contributed by atoms with Crippen LogP contribution in [0.15, 0.2) is 120 Å². The summed E-state index contributed by atoms with van der Waals surface area (Å²) in [6, 6.07) is 40.0. The maximum Gasteiger partial charge on any atom is 0.136 e. The van der Waals surface area contributed by atoms with Crippen LogP contribution in [-0.4, -0.2) is 6.21 Å². The molecule has 0 unspecified atom stereocenters. The van der Waals surface area contributed by atoms with Gasteiger partial charge in [0.25, 0.3) is 0 Å². The second-order valence-corrected chi connectivity index (χ2v) is 8.21. The summed E-state index contributed by atoms with van der Waals surface area (Å²) in [6.45, 7) is 0. The molecule has 1 N–H and O–H groups in total. The molecule has 6 rings (SSSR count). The third kappa shape index (κ3) is 3.42. The second kappa shape index (κ2) is 7.92. The highest BCUT2D eigenvalue weighted by molar-refractivity contribution is 6.13. The molecule has 0 atom stereocenters. The van der Waals surface area contributed by atoms with E-state index in [0.29, 0.717) is 0 Å². The zero-order valence-corrected chi connectivity index (χ0v) is 18.0. The third-order valence-corrected chi connectivity index (χ3v) is 6.18. The van der Waals surface area contributed by atoms with E-state index in [9.17, 15) is 0 Å². The Morgan fingerprint density at radius 3 is 1.73 bits per heavy atom. The Morgan fingerprint density at radius 2 is 1.06 bits per heavy atom. The van der Waals surface area contributed by atoms with Crippen LogP contribution in [0.3, 0.4) is 0 Å². The van der Waals surface area contributed by atoms with Crippen LogP contribution in [-0.2, 0) is 0 Å². The summed E-state index contributed by atoms with van der Waals surface area (Å²) in [4.78, 5) is 0. The summed E-state index contributed by atoms with van der Waals surface area (Å²) in [5.74, 6) is 0. The quantitative estimate of drug-likeness (QED) is 0.283. The Bertz CT molecular complexity index is 1630. The van der Waals surface area contributed by atoms with Gasteiger partial charge >= 0.3 is 0 Å². The van der Waals surface area contributed by atoms with Crippen molar-refractivity contribution < 1.29 is 4.42 Å². The van der Waals surface area contributed by atoms with E-state index in [4.69, 9.17) is 9.83 Å². The number of nitrogens with one attached hydrogen (secondary N) is 1. The first-order valence-electron chi connectivity index (χ1n) is 11.0. The molecular weight excluding hydrogens is 402 g/mol. The van der Waals surface area contributed by atoms with Gasteiger partial charge in [0.15, 0.2) is 0 Å². The number of hydrogen-bond acceptors (Lipinski definition) is 2. The van der Waals surface area contributed by atoms with E-state index in [0.717, 1.165) is 38.6 Å². The molecule has 0 bridgehead atoms. The van der Waals surface area contributed by atoms with Gasteiger partial charge in [-0.25, -0.2) is 0 Å². The number of hydrogen-bond donors (Lipinski definition) is 1. The molecule has 0 fully saturated rings. The summed E-state index contributed by atoms with van der Waals surface area (Å²) in [5, 5.41) is 9.83. The Hall–Kier alpha value is -4.43. The van der Waals surface area contributed by atoms with Gasteiger partial charge in [-0.05, 0) is 63.7 Å². The van der Waals surface area contributed by atoms with Crippen LogP contribution in [0.2, 0.25) is 0 Å². The number of fused-ring (bicyclic) bond motifs is 3. The van der Waals surface area contributed by atoms with Crippen molar-refractivity contribution in [1.82, 2.24) is 0 Å². The van der Waals surface area contributed by atoms with Crippen molar-refractivity contribution in [3.05, 3.63) is 121 Å². The average Bonchev–Trinajstić information content (AvgIpc) is 3.27. The van der Waals surface area contributed by atoms with Crippen LogP contribution in [0.4, 0.5) is 0 Å². The van der Waals surface area contributed by atoms with Crippen molar-refractivity contribution in [3.8, 4) is 33.4 Å². The van der Waals surface area contributed by atoms with Crippen molar-refractivity contribution in [2.45, 2.75) is 0 Å². The smallest absolute Gasteiger partial charge is 0.136 e. The van der Waals surface area contributed by atoms with Gasteiger partial charge in [0.2, 0.25) is 0 Å². The molecule has 33 heavy (non-hydrogen) atoms. The van der Waals surface area contributed by atoms with Crippen LogP contribution in [0.1, 0.15) is 5.56 Å². The lowest BCUT2D eigenvalue weighted by Crippen LogP contribution is -1.84. The van der Waals surface area contributed by atoms with E-state index >= 15 is 0 Å². The molecule has 1 aromatic heterocycles. The highest BCUT2D eigenvalue weighted by Crippen LogP contribution is 2.35. The molecule has 1 heterocycles. The number of rotatable bonds is 4. The Morgan fingerprint density at radius 1 is 0.485 bits per heavy atom. The highest BCUT2D eigenvalue weighted by Gasteiger charge is 2.12. The first kappa shape index (κ1) is 19.3. The molecule has 156 valence electrons. The molecule has 6 aromatic rings. The zero-order valence-electron chi connectivity index (χ0n) is 18.0. The fraction of sp³-hybridized carbons (Fsp3) is 0. The van der Waals surface area contributed by atoms with E-state index in [-0.39, 0.29) is 0 Å². The Labute approximate surface area is 192 Å². The molecule has 0 aliphatic rings. The van der Waals surface area contributed by atoms with Crippen molar-refractivity contribution >= 4 is 28.2 Å². The van der Waals surface area contributed by atoms with Crippen molar-refractivity contribution in [3.63, 3.8) is 0 Å². The van der Waals surface area contributed by atoms with Crippen molar-refractivity contribution in [2.75, 3.05) is 0 Å². The maximum absolute atomic E-state index is 7.79. The summed E-state index contributed by atoms with van der Waals surface area (Å²) < 4.78 is 6.03. The molecule has 5 aromatic carbocycles. The zero-order chi connectivity index (χ0) is 22.2. The third-order valence-electron chi connectivity index (χ3n) is 6.18. The van der Waals surface area contributed by atoms with Crippen LogP contribution < -0.4 is 0 Å². The minimum Gasteiger partial charge on any atom is -0.456 e. The van der Waals surface area contributed by atoms with Gasteiger partial charge in [-0.1, -0.05) is 84.9 Å². The maximum atomic E-state index is 7.79. The van der Waals surface area contributed by atoms with Gasteiger partial charge in [0.05, 0.1) is 0 Å². The van der Waals surface area contributed by atoms with E-state index < -0.39 is 0 Å². The minimum absolute atomic E-state index is 0.814. The molecular formula is C31H21NO. The molecule has 0 aliphatic heterocycles. The van der Waals surface area contributed by atoms with E-state index in [2.05, 4.69) is 84.9 Å². The van der Waals surface area contributed by atoms with Crippen molar-refractivity contribution in [2.24, 2.45) is 0 Å². The minimum atomic E-state index is 0.814. The van der Waals surface area contributed by atoms with Crippen LogP contribution in [0, 0.1) is 5.41 Å². The average molecular weight is 424 g/mol. The van der Waals surface area contributed by atoms with Gasteiger partial charge < -0.3 is 9.83 Å². The molecule has 0 aliphatic carbocycles. The first-order valence-corrected chi connectivity index (χ1v) is 11.0. The largest absolute Gasteiger partial charge is 0.456 e. The van der Waals surface area contributed by atoms with E-state index in [1.165, 1.54) is 28.5 Å². The normalized spacial score (nSPS) is 11.2. The predicted octanol–water partition coefficient (Wildman–Crippen LogP) is 8.58. The van der Waals surface area contributed by atoms with Gasteiger partial charge in [-0.3, -0.25) is 0 Å². The van der Waals surface area contributed by atoms with E-state index in [1.807, 2.05) is 30.3 Å². The molecule has 0 radical (unpaired) electrons. The Balaban J connectivity index is 1.45. The second-order valence-electron chi connectivity index (χ2n) is 8.21. The molecule has 2 nitrogen and oxygen atoms in total.